The lowest BCUT2D eigenvalue weighted by Crippen LogP contribution is -2.45. The first-order valence-corrected chi connectivity index (χ1v) is 33.6. The van der Waals surface area contributed by atoms with Crippen molar-refractivity contribution in [3.8, 4) is 0 Å². The van der Waals surface area contributed by atoms with E-state index in [1.807, 2.05) is 27.2 Å². The van der Waals surface area contributed by atoms with E-state index in [2.05, 4.69) is 67.8 Å². The van der Waals surface area contributed by atoms with Crippen molar-refractivity contribution in [2.75, 3.05) is 40.9 Å². The van der Waals surface area contributed by atoms with Crippen LogP contribution in [0.25, 0.3) is 0 Å². The summed E-state index contributed by atoms with van der Waals surface area (Å²) in [5.74, 6) is -0.213. The highest BCUT2D eigenvalue weighted by Gasteiger charge is 2.23. The quantitative estimate of drug-likeness (QED) is 0.0272. The van der Waals surface area contributed by atoms with Gasteiger partial charge < -0.3 is 28.8 Å². The molecule has 3 unspecified atom stereocenters. The molecule has 1 amide bonds. The molecule has 8 nitrogen and oxygen atoms in total. The second-order valence-electron chi connectivity index (χ2n) is 23.1. The molecule has 0 aromatic heterocycles. The Bertz CT molecular complexity index is 1400. The van der Waals surface area contributed by atoms with E-state index in [0.29, 0.717) is 17.4 Å². The first kappa shape index (κ1) is 73.2. The molecule has 0 aliphatic carbocycles. The predicted molar refractivity (Wildman–Crippen MR) is 325 cm³/mol. The number of carbonyl (C=O) groups excluding carboxylic acids is 1. The van der Waals surface area contributed by atoms with Gasteiger partial charge in [0.15, 0.2) is 0 Å². The molecule has 0 heterocycles. The number of phosphoric acid groups is 1. The van der Waals surface area contributed by atoms with E-state index in [1.54, 1.807) is 6.08 Å². The summed E-state index contributed by atoms with van der Waals surface area (Å²) in [7, 11) is 1.24. The van der Waals surface area contributed by atoms with Crippen LogP contribution in [0, 0.1) is 0 Å². The summed E-state index contributed by atoms with van der Waals surface area (Å²) < 4.78 is 23.4. The second kappa shape index (κ2) is 56.9. The summed E-state index contributed by atoms with van der Waals surface area (Å²) in [4.78, 5) is 25.6. The minimum atomic E-state index is -4.61. The van der Waals surface area contributed by atoms with E-state index in [0.717, 1.165) is 64.2 Å². The molecule has 0 aromatic rings. The Hall–Kier alpha value is -1.80. The third-order valence-corrected chi connectivity index (χ3v) is 15.4. The number of allylic oxidation sites excluding steroid dienone is 9. The van der Waals surface area contributed by atoms with Gasteiger partial charge in [-0.25, -0.2) is 0 Å². The third-order valence-electron chi connectivity index (χ3n) is 14.4. The molecule has 2 N–H and O–H groups in total. The monoisotopic (exact) mass is 1070 g/mol. The second-order valence-corrected chi connectivity index (χ2v) is 24.5. The molecule has 0 aliphatic heterocycles. The van der Waals surface area contributed by atoms with E-state index in [1.165, 1.54) is 218 Å². The van der Waals surface area contributed by atoms with Gasteiger partial charge in [0.05, 0.1) is 39.9 Å². The molecule has 0 saturated heterocycles. The van der Waals surface area contributed by atoms with Gasteiger partial charge in [-0.2, -0.15) is 0 Å². The van der Waals surface area contributed by atoms with E-state index in [-0.39, 0.29) is 12.5 Å². The first-order chi connectivity index (χ1) is 36.5. The summed E-state index contributed by atoms with van der Waals surface area (Å²) in [6.45, 7) is 4.64. The molecule has 75 heavy (non-hydrogen) atoms. The zero-order valence-corrected chi connectivity index (χ0v) is 51.1. The van der Waals surface area contributed by atoms with Crippen molar-refractivity contribution in [1.82, 2.24) is 5.32 Å². The molecule has 0 bridgehead atoms. The van der Waals surface area contributed by atoms with Gasteiger partial charge in [-0.1, -0.05) is 286 Å². The van der Waals surface area contributed by atoms with Crippen molar-refractivity contribution >= 4 is 13.7 Å². The van der Waals surface area contributed by atoms with Crippen LogP contribution in [0.3, 0.4) is 0 Å². The van der Waals surface area contributed by atoms with Gasteiger partial charge in [0.25, 0.3) is 7.82 Å². The number of carbonyl (C=O) groups is 1. The molecule has 0 aliphatic rings. The van der Waals surface area contributed by atoms with E-state index >= 15 is 0 Å². The number of nitrogens with zero attached hydrogens (tertiary/aromatic N) is 1. The normalized spacial score (nSPS) is 14.2. The zero-order valence-electron chi connectivity index (χ0n) is 50.3. The van der Waals surface area contributed by atoms with Crippen molar-refractivity contribution in [1.29, 1.82) is 0 Å². The molecule has 9 heteroatoms. The molecule has 0 aromatic carbocycles. The van der Waals surface area contributed by atoms with Crippen LogP contribution < -0.4 is 10.2 Å². The number of unbranched alkanes of at least 4 members (excludes halogenated alkanes) is 38. The summed E-state index contributed by atoms with van der Waals surface area (Å²) in [6.07, 6.45) is 77.5. The average molecular weight is 1070 g/mol. The number of rotatable bonds is 59. The third kappa shape index (κ3) is 59.7. The molecule has 0 radical (unpaired) electrons. The molecular formula is C66H125N2O6P. The number of hydrogen-bond donors (Lipinski definition) is 2. The molecular weight excluding hydrogens is 948 g/mol. The van der Waals surface area contributed by atoms with Crippen molar-refractivity contribution in [2.45, 2.75) is 315 Å². The molecule has 0 saturated carbocycles. The maximum absolute atomic E-state index is 13.0. The Kier molecular flexibility index (Phi) is 55.5. The zero-order chi connectivity index (χ0) is 54.9. The first-order valence-electron chi connectivity index (χ1n) is 32.2. The standard InChI is InChI=1S/C66H125N2O6P/c1-6-8-10-12-14-16-18-20-22-24-26-28-30-31-32-33-34-35-36-38-39-41-43-45-47-49-51-53-55-57-59-65(69)64(63-74-75(71,72)73-62-61-68(3,4)5)67-66(70)60-58-56-54-52-50-48-46-44-42-40-37-29-27-25-23-21-19-17-15-13-11-9-7-2/h19,21,25,27,37,40,49,51,57,59,64-65,69H,6-18,20,22-24,26,28-36,38-39,41-48,50,52-56,58,60-63H2,1-5H3,(H-,67,70,71,72)/b21-19-,27-25-,40-37-,51-49+,59-57+. The number of likely N-dealkylation sites (N-methyl/N-ethyl adjacent to an activating group) is 1. The Morgan fingerprint density at radius 3 is 1.17 bits per heavy atom. The molecule has 440 valence electrons. The predicted octanol–water partition coefficient (Wildman–Crippen LogP) is 19.4. The van der Waals surface area contributed by atoms with E-state index in [9.17, 15) is 19.4 Å². The van der Waals surface area contributed by atoms with Crippen LogP contribution >= 0.6 is 7.82 Å². The summed E-state index contributed by atoms with van der Waals surface area (Å²) in [6, 6.07) is -0.912. The maximum Gasteiger partial charge on any atom is 0.268 e. The Labute approximate surface area is 466 Å². The lowest BCUT2D eigenvalue weighted by atomic mass is 10.0. The fourth-order valence-corrected chi connectivity index (χ4v) is 10.1. The largest absolute Gasteiger partial charge is 0.756 e. The Balaban J connectivity index is 4.18. The fourth-order valence-electron chi connectivity index (χ4n) is 9.41. The van der Waals surface area contributed by atoms with Crippen LogP contribution in [0.5, 0.6) is 0 Å². The molecule has 0 spiro atoms. The topological polar surface area (TPSA) is 108 Å². The van der Waals surface area contributed by atoms with Crippen molar-refractivity contribution in [3.63, 3.8) is 0 Å². The number of phosphoric ester groups is 1. The van der Waals surface area contributed by atoms with Gasteiger partial charge in [-0.05, 0) is 70.6 Å². The number of quaternary nitrogens is 1. The fraction of sp³-hybridized carbons (Fsp3) is 0.833. The molecule has 0 rings (SSSR count). The smallest absolute Gasteiger partial charge is 0.268 e. The lowest BCUT2D eigenvalue weighted by molar-refractivity contribution is -0.870. The Morgan fingerprint density at radius 1 is 0.467 bits per heavy atom. The van der Waals surface area contributed by atoms with Crippen LogP contribution in [-0.4, -0.2) is 68.5 Å². The SMILES string of the molecule is CCCCCCC/C=C\C/C=C\C/C=C\CCCCCCCCCCC(=O)NC(COP(=O)([O-])OCC[N+](C)(C)C)C(O)/C=C/CC/C=C/CCCCCCCCCCCCCCCCCCCCCCCCCC. The highest BCUT2D eigenvalue weighted by Crippen LogP contribution is 2.38. The van der Waals surface area contributed by atoms with Gasteiger partial charge in [0.1, 0.15) is 13.2 Å². The number of nitrogens with one attached hydrogen (secondary N) is 1. The summed E-state index contributed by atoms with van der Waals surface area (Å²) in [5.41, 5.74) is 0. The van der Waals surface area contributed by atoms with E-state index < -0.39 is 26.6 Å². The number of aliphatic hydroxyl groups excluding tert-OH is 1. The number of amides is 1. The van der Waals surface area contributed by atoms with Crippen LogP contribution in [0.4, 0.5) is 0 Å². The maximum atomic E-state index is 13.0. The van der Waals surface area contributed by atoms with Crippen LogP contribution in [0.15, 0.2) is 60.8 Å². The molecule has 0 fully saturated rings. The van der Waals surface area contributed by atoms with Gasteiger partial charge >= 0.3 is 0 Å². The van der Waals surface area contributed by atoms with Gasteiger partial charge in [0, 0.05) is 6.42 Å². The summed E-state index contributed by atoms with van der Waals surface area (Å²) >= 11 is 0. The minimum Gasteiger partial charge on any atom is -0.756 e. The van der Waals surface area contributed by atoms with Crippen molar-refractivity contribution < 1.29 is 32.9 Å². The van der Waals surface area contributed by atoms with Crippen LogP contribution in [0.1, 0.15) is 303 Å². The molecule has 3 atom stereocenters. The number of hydrogen-bond acceptors (Lipinski definition) is 6. The number of aliphatic hydroxyl groups is 1. The Morgan fingerprint density at radius 2 is 0.787 bits per heavy atom. The lowest BCUT2D eigenvalue weighted by Gasteiger charge is -2.29. The van der Waals surface area contributed by atoms with Crippen molar-refractivity contribution in [2.24, 2.45) is 0 Å². The van der Waals surface area contributed by atoms with Gasteiger partial charge in [-0.15, -0.1) is 0 Å². The minimum absolute atomic E-state index is 0.00964. The van der Waals surface area contributed by atoms with Crippen molar-refractivity contribution in [3.05, 3.63) is 60.8 Å². The highest BCUT2D eigenvalue weighted by atomic mass is 31.2. The van der Waals surface area contributed by atoms with Gasteiger partial charge in [-0.3, -0.25) is 9.36 Å². The van der Waals surface area contributed by atoms with Crippen LogP contribution in [0.2, 0.25) is 0 Å². The average Bonchev–Trinajstić information content (AvgIpc) is 3.37. The highest BCUT2D eigenvalue weighted by molar-refractivity contribution is 7.45. The van der Waals surface area contributed by atoms with Gasteiger partial charge in [0.2, 0.25) is 5.91 Å². The van der Waals surface area contributed by atoms with E-state index in [4.69, 9.17) is 9.05 Å². The van der Waals surface area contributed by atoms with Crippen LogP contribution in [-0.2, 0) is 18.4 Å². The summed E-state index contributed by atoms with van der Waals surface area (Å²) in [5, 5.41) is 13.9.